The predicted octanol–water partition coefficient (Wildman–Crippen LogP) is 10.1. The van der Waals surface area contributed by atoms with E-state index < -0.39 is 32.5 Å². The summed E-state index contributed by atoms with van der Waals surface area (Å²) in [6.07, 6.45) is 37.8. The molecule has 0 aliphatic heterocycles. The van der Waals surface area contributed by atoms with Gasteiger partial charge in [-0.3, -0.25) is 18.9 Å². The van der Waals surface area contributed by atoms with E-state index in [9.17, 15) is 18.9 Å². The van der Waals surface area contributed by atoms with Gasteiger partial charge >= 0.3 is 19.8 Å². The van der Waals surface area contributed by atoms with Crippen molar-refractivity contribution in [3.63, 3.8) is 0 Å². The van der Waals surface area contributed by atoms with Crippen LogP contribution in [0.1, 0.15) is 149 Å². The Hall–Kier alpha value is -2.58. The summed E-state index contributed by atoms with van der Waals surface area (Å²) < 4.78 is 26.2. The summed E-state index contributed by atoms with van der Waals surface area (Å²) >= 11 is 0. The van der Waals surface area contributed by atoms with Gasteiger partial charge in [-0.15, -0.1) is 0 Å². The lowest BCUT2D eigenvalue weighted by atomic mass is 10.1. The van der Waals surface area contributed by atoms with Crippen molar-refractivity contribution in [2.75, 3.05) is 13.2 Å². The molecule has 0 amide bonds. The van der Waals surface area contributed by atoms with Crippen LogP contribution in [-0.2, 0) is 32.9 Å². The average molecular weight is 709 g/mol. The van der Waals surface area contributed by atoms with Crippen LogP contribution in [0.5, 0.6) is 0 Å². The number of ketones is 1. The Morgan fingerprint density at radius 2 is 1.16 bits per heavy atom. The largest absolute Gasteiger partial charge is 0.469 e. The quantitative estimate of drug-likeness (QED) is 0.0170. The predicted molar refractivity (Wildman–Crippen MR) is 198 cm³/mol. The van der Waals surface area contributed by atoms with Crippen LogP contribution in [0.25, 0.3) is 0 Å². The molecular weight excluding hydrogens is 643 g/mol. The second kappa shape index (κ2) is 33.9. The molecule has 49 heavy (non-hydrogen) atoms. The minimum Gasteiger partial charge on any atom is -0.462 e. The monoisotopic (exact) mass is 708 g/mol. The van der Waals surface area contributed by atoms with Crippen molar-refractivity contribution in [2.24, 2.45) is 0 Å². The number of ether oxygens (including phenoxy) is 2. The summed E-state index contributed by atoms with van der Waals surface area (Å²) in [6.45, 7) is 3.35. The second-order valence-electron chi connectivity index (χ2n) is 12.2. The topological polar surface area (TPSA) is 136 Å². The van der Waals surface area contributed by atoms with E-state index in [0.29, 0.717) is 19.3 Å². The summed E-state index contributed by atoms with van der Waals surface area (Å²) in [4.78, 5) is 54.4. The highest BCUT2D eigenvalue weighted by Gasteiger charge is 2.22. The fourth-order valence-electron chi connectivity index (χ4n) is 4.72. The molecule has 280 valence electrons. The number of esters is 2. The van der Waals surface area contributed by atoms with Gasteiger partial charge in [-0.05, 0) is 70.3 Å². The first-order chi connectivity index (χ1) is 23.7. The Morgan fingerprint density at radius 3 is 1.80 bits per heavy atom. The van der Waals surface area contributed by atoms with Crippen LogP contribution < -0.4 is 0 Å². The molecule has 10 heteroatoms. The molecule has 0 aliphatic carbocycles. The zero-order valence-corrected chi connectivity index (χ0v) is 31.2. The number of unbranched alkanes of at least 4 members (excludes halogenated alkanes) is 12. The first kappa shape index (κ1) is 46.4. The fourth-order valence-corrected chi connectivity index (χ4v) is 5.08. The van der Waals surface area contributed by atoms with Gasteiger partial charge in [0.2, 0.25) is 0 Å². The van der Waals surface area contributed by atoms with E-state index in [2.05, 4.69) is 60.9 Å². The molecule has 0 radical (unpaired) electrons. The number of rotatable bonds is 33. The molecule has 0 bridgehead atoms. The lowest BCUT2D eigenvalue weighted by molar-refractivity contribution is -0.161. The highest BCUT2D eigenvalue weighted by molar-refractivity contribution is 7.46. The summed E-state index contributed by atoms with van der Waals surface area (Å²) in [5.74, 6) is -0.801. The molecule has 0 aromatic heterocycles. The van der Waals surface area contributed by atoms with E-state index in [-0.39, 0.29) is 25.2 Å². The van der Waals surface area contributed by atoms with Crippen molar-refractivity contribution in [3.8, 4) is 0 Å². The average Bonchev–Trinajstić information content (AvgIpc) is 3.06. The van der Waals surface area contributed by atoms with Crippen LogP contribution in [0.4, 0.5) is 0 Å². The van der Waals surface area contributed by atoms with Crippen molar-refractivity contribution in [1.29, 1.82) is 0 Å². The maximum Gasteiger partial charge on any atom is 0.469 e. The van der Waals surface area contributed by atoms with Gasteiger partial charge in [-0.25, -0.2) is 4.57 Å². The Labute approximate surface area is 296 Å². The minimum atomic E-state index is -4.78. The Balaban J connectivity index is 4.09. The van der Waals surface area contributed by atoms with E-state index in [4.69, 9.17) is 19.3 Å². The van der Waals surface area contributed by atoms with Crippen LogP contribution >= 0.6 is 7.82 Å². The number of carbonyl (C=O) groups is 3. The maximum absolute atomic E-state index is 12.3. The van der Waals surface area contributed by atoms with E-state index in [0.717, 1.165) is 103 Å². The van der Waals surface area contributed by atoms with Crippen LogP contribution in [0.2, 0.25) is 0 Å². The smallest absolute Gasteiger partial charge is 0.462 e. The van der Waals surface area contributed by atoms with Crippen molar-refractivity contribution in [1.82, 2.24) is 0 Å². The standard InChI is InChI=1S/C39H65O9P/c1-3-5-7-8-9-10-11-12-13-14-15-18-22-25-29-33-39(42)48-37(35-47-49(43,44)45)34-46-38(41)32-28-24-21-19-16-17-20-23-27-31-36(40)30-26-6-4-2/h5,7,9-10,12-13,20,23,27,31,37H,3-4,6,8,11,14-19,21-22,24-26,28-30,32-35H2,1-2H3,(H2,43,44,45)/b7-5-,10-9-,13-12-,23-20-,31-27+/t37-/m1/s1. The van der Waals surface area contributed by atoms with Crippen LogP contribution in [0.15, 0.2) is 60.8 Å². The highest BCUT2D eigenvalue weighted by atomic mass is 31.2. The van der Waals surface area contributed by atoms with Crippen molar-refractivity contribution in [3.05, 3.63) is 60.8 Å². The van der Waals surface area contributed by atoms with E-state index in [1.807, 2.05) is 6.08 Å². The Morgan fingerprint density at radius 1 is 0.612 bits per heavy atom. The van der Waals surface area contributed by atoms with Gasteiger partial charge in [0, 0.05) is 19.3 Å². The molecule has 0 aromatic rings. The van der Waals surface area contributed by atoms with Crippen LogP contribution in [0.3, 0.4) is 0 Å². The normalized spacial score (nSPS) is 13.1. The van der Waals surface area contributed by atoms with Crippen molar-refractivity contribution < 1.29 is 42.7 Å². The minimum absolute atomic E-state index is 0.171. The molecule has 0 rings (SSSR count). The zero-order chi connectivity index (χ0) is 36.3. The third-order valence-corrected chi connectivity index (χ3v) is 7.98. The van der Waals surface area contributed by atoms with Gasteiger partial charge < -0.3 is 19.3 Å². The number of phosphoric ester groups is 1. The number of phosphoric acid groups is 1. The number of hydrogen-bond donors (Lipinski definition) is 2. The molecule has 0 saturated carbocycles. The molecule has 0 fully saturated rings. The molecule has 0 unspecified atom stereocenters. The summed E-state index contributed by atoms with van der Waals surface area (Å²) in [5, 5.41) is 0. The number of allylic oxidation sites excluding steroid dienone is 10. The van der Waals surface area contributed by atoms with Crippen molar-refractivity contribution in [2.45, 2.75) is 155 Å². The second-order valence-corrected chi connectivity index (χ2v) is 13.4. The zero-order valence-electron chi connectivity index (χ0n) is 30.3. The van der Waals surface area contributed by atoms with Crippen molar-refractivity contribution >= 4 is 25.5 Å². The maximum atomic E-state index is 12.3. The molecule has 0 heterocycles. The molecular formula is C39H65O9P. The van der Waals surface area contributed by atoms with Gasteiger partial charge in [-0.1, -0.05) is 120 Å². The first-order valence-corrected chi connectivity index (χ1v) is 20.1. The number of carbonyl (C=O) groups excluding carboxylic acids is 3. The SMILES string of the molecule is CC/C=C\C/C=C\C/C=C\CCCCCCCC(=O)O[C@H](COC(=O)CCCCCCC/C=C\C=C\C(=O)CCCCC)COP(=O)(O)O. The Kier molecular flexibility index (Phi) is 32.1. The van der Waals surface area contributed by atoms with Gasteiger partial charge in [0.05, 0.1) is 6.61 Å². The third-order valence-electron chi connectivity index (χ3n) is 7.50. The van der Waals surface area contributed by atoms with Crippen LogP contribution in [0, 0.1) is 0 Å². The van der Waals surface area contributed by atoms with Gasteiger partial charge in [0.25, 0.3) is 0 Å². The molecule has 0 saturated heterocycles. The highest BCUT2D eigenvalue weighted by Crippen LogP contribution is 2.36. The van der Waals surface area contributed by atoms with Gasteiger partial charge in [0.1, 0.15) is 6.61 Å². The van der Waals surface area contributed by atoms with Crippen LogP contribution in [-0.4, -0.2) is 46.8 Å². The molecule has 9 nitrogen and oxygen atoms in total. The lowest BCUT2D eigenvalue weighted by Crippen LogP contribution is -2.29. The summed E-state index contributed by atoms with van der Waals surface area (Å²) in [5.41, 5.74) is 0. The summed E-state index contributed by atoms with van der Waals surface area (Å²) in [6, 6.07) is 0. The summed E-state index contributed by atoms with van der Waals surface area (Å²) in [7, 11) is -4.78. The Bertz CT molecular complexity index is 1040. The molecule has 2 N–H and O–H groups in total. The lowest BCUT2D eigenvalue weighted by Gasteiger charge is -2.18. The third kappa shape index (κ3) is 36.5. The fraction of sp³-hybridized carbons (Fsp3) is 0.667. The van der Waals surface area contributed by atoms with E-state index in [1.54, 1.807) is 12.2 Å². The molecule has 0 spiro atoms. The van der Waals surface area contributed by atoms with Gasteiger partial charge in [0.15, 0.2) is 11.9 Å². The number of hydrogen-bond acceptors (Lipinski definition) is 7. The first-order valence-electron chi connectivity index (χ1n) is 18.5. The molecule has 0 aromatic carbocycles. The molecule has 0 aliphatic rings. The molecule has 1 atom stereocenters. The van der Waals surface area contributed by atoms with E-state index in [1.165, 1.54) is 0 Å². The van der Waals surface area contributed by atoms with Gasteiger partial charge in [-0.2, -0.15) is 0 Å². The van der Waals surface area contributed by atoms with E-state index >= 15 is 0 Å².